The van der Waals surface area contributed by atoms with Crippen LogP contribution in [0.3, 0.4) is 0 Å². The Kier molecular flexibility index (Phi) is 13.4. The molecule has 4 aromatic rings. The van der Waals surface area contributed by atoms with Crippen LogP contribution in [-0.4, -0.2) is 43.9 Å². The molecule has 0 amide bonds. The molecule has 45 heavy (non-hydrogen) atoms. The van der Waals surface area contributed by atoms with Gasteiger partial charge in [-0.05, 0) is 35.1 Å². The highest BCUT2D eigenvalue weighted by Gasteiger charge is 2.49. The van der Waals surface area contributed by atoms with Gasteiger partial charge in [-0.1, -0.05) is 127 Å². The van der Waals surface area contributed by atoms with Gasteiger partial charge in [-0.25, -0.2) is 0 Å². The SMILES string of the molecule is C=CCCCOC1O[C@H](COCc2ccccc2)[C@@H](OCc2ccccc2)[C@H](OCc2ccccc2)[C@@H]1OCc1ccccc1. The topological polar surface area (TPSA) is 55.4 Å². The van der Waals surface area contributed by atoms with Gasteiger partial charge in [0, 0.05) is 0 Å². The van der Waals surface area contributed by atoms with E-state index in [2.05, 4.69) is 43.0 Å². The zero-order chi connectivity index (χ0) is 30.9. The van der Waals surface area contributed by atoms with Gasteiger partial charge in [-0.15, -0.1) is 6.58 Å². The van der Waals surface area contributed by atoms with Crippen molar-refractivity contribution in [3.05, 3.63) is 156 Å². The summed E-state index contributed by atoms with van der Waals surface area (Å²) in [6.45, 7) is 6.28. The van der Waals surface area contributed by atoms with E-state index in [4.69, 9.17) is 28.4 Å². The van der Waals surface area contributed by atoms with E-state index in [1.165, 1.54) is 0 Å². The second-order valence-corrected chi connectivity index (χ2v) is 11.1. The van der Waals surface area contributed by atoms with Crippen molar-refractivity contribution in [2.75, 3.05) is 13.2 Å². The van der Waals surface area contributed by atoms with Crippen LogP contribution in [0.15, 0.2) is 134 Å². The standard InChI is InChI=1S/C39H44O6/c1-2-3-16-25-41-39-38(44-29-34-23-14-7-15-24-34)37(43-28-33-21-12-6-13-22-33)36(42-27-32-19-10-5-11-20-32)35(45-39)30-40-26-31-17-8-4-9-18-31/h2,4-15,17-24,35-39H,1,3,16,25-30H2/t35-,36-,37+,38+,39?/m1/s1. The molecule has 1 heterocycles. The summed E-state index contributed by atoms with van der Waals surface area (Å²) in [6.07, 6.45) is 0.896. The first-order valence-corrected chi connectivity index (χ1v) is 15.8. The van der Waals surface area contributed by atoms with Crippen molar-refractivity contribution in [1.82, 2.24) is 0 Å². The largest absolute Gasteiger partial charge is 0.374 e. The number of hydrogen-bond donors (Lipinski definition) is 0. The first-order chi connectivity index (χ1) is 22.3. The number of hydrogen-bond acceptors (Lipinski definition) is 6. The molecule has 1 unspecified atom stereocenters. The Morgan fingerprint density at radius 3 is 1.47 bits per heavy atom. The van der Waals surface area contributed by atoms with Crippen molar-refractivity contribution in [3.63, 3.8) is 0 Å². The lowest BCUT2D eigenvalue weighted by Crippen LogP contribution is -2.61. The molecule has 5 atom stereocenters. The molecule has 1 fully saturated rings. The number of benzene rings is 4. The maximum absolute atomic E-state index is 6.74. The highest BCUT2D eigenvalue weighted by Crippen LogP contribution is 2.32. The molecule has 0 aromatic heterocycles. The van der Waals surface area contributed by atoms with E-state index in [-0.39, 0.29) is 0 Å². The lowest BCUT2D eigenvalue weighted by molar-refractivity contribution is -0.328. The summed E-state index contributed by atoms with van der Waals surface area (Å²) in [5.74, 6) is 0. The molecular weight excluding hydrogens is 564 g/mol. The Balaban J connectivity index is 1.41. The normalized spacial score (nSPS) is 21.4. The molecule has 0 aliphatic carbocycles. The van der Waals surface area contributed by atoms with Crippen LogP contribution in [0.4, 0.5) is 0 Å². The molecule has 1 aliphatic rings. The molecule has 0 radical (unpaired) electrons. The van der Waals surface area contributed by atoms with Crippen molar-refractivity contribution in [2.45, 2.75) is 70.0 Å². The maximum Gasteiger partial charge on any atom is 0.186 e. The molecule has 6 heteroatoms. The molecule has 0 bridgehead atoms. The van der Waals surface area contributed by atoms with Gasteiger partial charge in [-0.3, -0.25) is 0 Å². The fourth-order valence-electron chi connectivity index (χ4n) is 5.31. The van der Waals surface area contributed by atoms with Crippen molar-refractivity contribution < 1.29 is 28.4 Å². The summed E-state index contributed by atoms with van der Waals surface area (Å²) in [4.78, 5) is 0. The molecule has 4 aromatic carbocycles. The molecule has 236 valence electrons. The molecule has 1 saturated heterocycles. The Bertz CT molecular complexity index is 1350. The summed E-state index contributed by atoms with van der Waals surface area (Å²) < 4.78 is 39.4. The lowest BCUT2D eigenvalue weighted by Gasteiger charge is -2.46. The lowest BCUT2D eigenvalue weighted by atomic mass is 9.97. The summed E-state index contributed by atoms with van der Waals surface area (Å²) >= 11 is 0. The summed E-state index contributed by atoms with van der Waals surface area (Å²) in [6, 6.07) is 40.5. The summed E-state index contributed by atoms with van der Waals surface area (Å²) in [5, 5.41) is 0. The third-order valence-electron chi connectivity index (χ3n) is 7.68. The van der Waals surface area contributed by atoms with E-state index in [1.807, 2.05) is 91.0 Å². The van der Waals surface area contributed by atoms with E-state index in [0.29, 0.717) is 39.6 Å². The van der Waals surface area contributed by atoms with Crippen molar-refractivity contribution in [1.29, 1.82) is 0 Å². The highest BCUT2D eigenvalue weighted by atomic mass is 16.7. The minimum atomic E-state index is -0.679. The van der Waals surface area contributed by atoms with Crippen molar-refractivity contribution in [2.24, 2.45) is 0 Å². The van der Waals surface area contributed by atoms with Gasteiger partial charge < -0.3 is 28.4 Å². The minimum absolute atomic E-state index is 0.303. The van der Waals surface area contributed by atoms with E-state index in [0.717, 1.165) is 35.1 Å². The predicted octanol–water partition coefficient (Wildman–Crippen LogP) is 7.67. The van der Waals surface area contributed by atoms with Crippen LogP contribution >= 0.6 is 0 Å². The first kappa shape index (κ1) is 32.8. The molecular formula is C39H44O6. The second-order valence-electron chi connectivity index (χ2n) is 11.1. The number of unbranched alkanes of at least 4 members (excludes halogenated alkanes) is 1. The fourth-order valence-corrected chi connectivity index (χ4v) is 5.31. The number of rotatable bonds is 18. The van der Waals surface area contributed by atoms with Crippen LogP contribution in [0.2, 0.25) is 0 Å². The van der Waals surface area contributed by atoms with Gasteiger partial charge in [-0.2, -0.15) is 0 Å². The summed E-state index contributed by atoms with van der Waals surface area (Å²) in [7, 11) is 0. The third kappa shape index (κ3) is 10.5. The highest BCUT2D eigenvalue weighted by molar-refractivity contribution is 5.16. The smallest absolute Gasteiger partial charge is 0.186 e. The van der Waals surface area contributed by atoms with E-state index in [1.54, 1.807) is 0 Å². The number of allylic oxidation sites excluding steroid dienone is 1. The molecule has 0 N–H and O–H groups in total. The Morgan fingerprint density at radius 1 is 0.533 bits per heavy atom. The van der Waals surface area contributed by atoms with Gasteiger partial charge in [0.2, 0.25) is 0 Å². The zero-order valence-electron chi connectivity index (χ0n) is 25.8. The van der Waals surface area contributed by atoms with E-state index >= 15 is 0 Å². The van der Waals surface area contributed by atoms with E-state index in [9.17, 15) is 0 Å². The molecule has 0 saturated carbocycles. The van der Waals surface area contributed by atoms with Crippen LogP contribution in [0.25, 0.3) is 0 Å². The predicted molar refractivity (Wildman–Crippen MR) is 175 cm³/mol. The van der Waals surface area contributed by atoms with Crippen LogP contribution in [0, 0.1) is 0 Å². The van der Waals surface area contributed by atoms with Crippen LogP contribution in [0.1, 0.15) is 35.1 Å². The van der Waals surface area contributed by atoms with Crippen molar-refractivity contribution in [3.8, 4) is 0 Å². The Morgan fingerprint density at radius 2 is 0.978 bits per heavy atom. The maximum atomic E-state index is 6.74. The second kappa shape index (κ2) is 18.4. The zero-order valence-corrected chi connectivity index (χ0v) is 25.8. The quantitative estimate of drug-likeness (QED) is 0.0854. The average molecular weight is 609 g/mol. The number of ether oxygens (including phenoxy) is 6. The van der Waals surface area contributed by atoms with Crippen LogP contribution in [0.5, 0.6) is 0 Å². The van der Waals surface area contributed by atoms with Gasteiger partial charge in [0.1, 0.15) is 24.4 Å². The molecule has 6 nitrogen and oxygen atoms in total. The Hall–Kier alpha value is -3.62. The Labute approximate surface area is 267 Å². The average Bonchev–Trinajstić information content (AvgIpc) is 3.10. The molecule has 5 rings (SSSR count). The van der Waals surface area contributed by atoms with Gasteiger partial charge in [0.25, 0.3) is 0 Å². The minimum Gasteiger partial charge on any atom is -0.374 e. The monoisotopic (exact) mass is 608 g/mol. The molecule has 0 spiro atoms. The van der Waals surface area contributed by atoms with Gasteiger partial charge in [0.15, 0.2) is 6.29 Å². The fraction of sp³-hybridized carbons (Fsp3) is 0.333. The van der Waals surface area contributed by atoms with Crippen LogP contribution in [-0.2, 0) is 54.8 Å². The van der Waals surface area contributed by atoms with Crippen molar-refractivity contribution >= 4 is 0 Å². The third-order valence-corrected chi connectivity index (χ3v) is 7.68. The molecule has 1 aliphatic heterocycles. The summed E-state index contributed by atoms with van der Waals surface area (Å²) in [5.41, 5.74) is 4.27. The van der Waals surface area contributed by atoms with Gasteiger partial charge in [0.05, 0.1) is 39.6 Å². The van der Waals surface area contributed by atoms with Gasteiger partial charge >= 0.3 is 0 Å². The first-order valence-electron chi connectivity index (χ1n) is 15.8. The van der Waals surface area contributed by atoms with Crippen LogP contribution < -0.4 is 0 Å². The van der Waals surface area contributed by atoms with E-state index < -0.39 is 30.7 Å².